The molecule has 0 aliphatic rings. The van der Waals surface area contributed by atoms with Gasteiger partial charge in [0.05, 0.1) is 9.50 Å². The number of hydrogen-bond donors (Lipinski definition) is 1. The Morgan fingerprint density at radius 1 is 1.37 bits per heavy atom. The molecule has 5 heteroatoms. The van der Waals surface area contributed by atoms with Gasteiger partial charge in [-0.05, 0) is 46.6 Å². The van der Waals surface area contributed by atoms with Crippen LogP contribution in [0.5, 0.6) is 0 Å². The number of anilines is 2. The quantitative estimate of drug-likeness (QED) is 0.852. The number of rotatable bonds is 4. The van der Waals surface area contributed by atoms with E-state index in [2.05, 4.69) is 38.8 Å². The summed E-state index contributed by atoms with van der Waals surface area (Å²) in [5.41, 5.74) is 7.74. The summed E-state index contributed by atoms with van der Waals surface area (Å²) in [6.45, 7) is 3.70. The lowest BCUT2D eigenvalue weighted by Crippen LogP contribution is -2.23. The van der Waals surface area contributed by atoms with Crippen molar-refractivity contribution >= 4 is 39.0 Å². The van der Waals surface area contributed by atoms with Crippen LogP contribution in [0.25, 0.3) is 0 Å². The fraction of sp³-hybridized carbons (Fsp3) is 0.214. The molecule has 0 aliphatic carbocycles. The van der Waals surface area contributed by atoms with E-state index in [0.717, 1.165) is 34.6 Å². The number of nitrogens with zero attached hydrogens (tertiary/aromatic N) is 2. The minimum absolute atomic E-state index is 0.621. The summed E-state index contributed by atoms with van der Waals surface area (Å²) < 4.78 is 0.894. The lowest BCUT2D eigenvalue weighted by atomic mass is 10.2. The van der Waals surface area contributed by atoms with Crippen LogP contribution in [0.3, 0.4) is 0 Å². The van der Waals surface area contributed by atoms with Gasteiger partial charge in [0.15, 0.2) is 0 Å². The van der Waals surface area contributed by atoms with Crippen LogP contribution in [0, 0.1) is 0 Å². The largest absolute Gasteiger partial charge is 0.399 e. The highest BCUT2D eigenvalue weighted by Gasteiger charge is 2.11. The van der Waals surface area contributed by atoms with Crippen LogP contribution in [0.4, 0.5) is 11.5 Å². The zero-order valence-corrected chi connectivity index (χ0v) is 12.9. The highest BCUT2D eigenvalue weighted by atomic mass is 79.9. The SMILES string of the molecule is CCN(Cc1cccc(N)c1)c1ncc(Cl)cc1Br. The van der Waals surface area contributed by atoms with Crippen molar-refractivity contribution in [3.05, 3.63) is 51.6 Å². The Hall–Kier alpha value is -1.26. The highest BCUT2D eigenvalue weighted by Crippen LogP contribution is 2.27. The van der Waals surface area contributed by atoms with Crippen LogP contribution in [0.1, 0.15) is 12.5 Å². The van der Waals surface area contributed by atoms with Gasteiger partial charge in [0.1, 0.15) is 5.82 Å². The molecule has 1 heterocycles. The molecule has 2 N–H and O–H groups in total. The predicted molar refractivity (Wildman–Crippen MR) is 84.5 cm³/mol. The van der Waals surface area contributed by atoms with Crippen LogP contribution < -0.4 is 10.6 Å². The minimum atomic E-state index is 0.621. The zero-order chi connectivity index (χ0) is 13.8. The van der Waals surface area contributed by atoms with Gasteiger partial charge in [0.25, 0.3) is 0 Å². The second-order valence-corrected chi connectivity index (χ2v) is 5.51. The number of pyridine rings is 1. The summed E-state index contributed by atoms with van der Waals surface area (Å²) >= 11 is 9.42. The molecule has 0 unspecified atom stereocenters. The first-order chi connectivity index (χ1) is 9.10. The molecule has 2 rings (SSSR count). The third-order valence-electron chi connectivity index (χ3n) is 2.79. The van der Waals surface area contributed by atoms with Gasteiger partial charge >= 0.3 is 0 Å². The summed E-state index contributed by atoms with van der Waals surface area (Å²) in [7, 11) is 0. The van der Waals surface area contributed by atoms with Gasteiger partial charge < -0.3 is 10.6 Å². The molecule has 0 fully saturated rings. The van der Waals surface area contributed by atoms with Gasteiger partial charge in [0.2, 0.25) is 0 Å². The fourth-order valence-corrected chi connectivity index (χ4v) is 2.78. The Balaban J connectivity index is 2.25. The first-order valence-electron chi connectivity index (χ1n) is 6.00. The number of nitrogen functional groups attached to an aromatic ring is 1. The molecule has 0 radical (unpaired) electrons. The van der Waals surface area contributed by atoms with E-state index in [0.29, 0.717) is 5.02 Å². The van der Waals surface area contributed by atoms with Crippen molar-refractivity contribution in [3.8, 4) is 0 Å². The second-order valence-electron chi connectivity index (χ2n) is 4.22. The Morgan fingerprint density at radius 2 is 2.16 bits per heavy atom. The number of hydrogen-bond acceptors (Lipinski definition) is 3. The summed E-state index contributed by atoms with van der Waals surface area (Å²) in [4.78, 5) is 6.55. The maximum absolute atomic E-state index is 5.92. The van der Waals surface area contributed by atoms with Crippen LogP contribution >= 0.6 is 27.5 Å². The van der Waals surface area contributed by atoms with Crippen molar-refractivity contribution in [2.24, 2.45) is 0 Å². The van der Waals surface area contributed by atoms with Crippen LogP contribution in [-0.2, 0) is 6.54 Å². The smallest absolute Gasteiger partial charge is 0.143 e. The summed E-state index contributed by atoms with van der Waals surface area (Å²) in [6, 6.07) is 9.74. The molecule has 0 bridgehead atoms. The van der Waals surface area contributed by atoms with E-state index in [9.17, 15) is 0 Å². The topological polar surface area (TPSA) is 42.1 Å². The third-order valence-corrected chi connectivity index (χ3v) is 3.58. The van der Waals surface area contributed by atoms with Crippen LogP contribution in [0.2, 0.25) is 5.02 Å². The minimum Gasteiger partial charge on any atom is -0.399 e. The van der Waals surface area contributed by atoms with E-state index in [1.807, 2.05) is 24.3 Å². The maximum atomic E-state index is 5.92. The van der Waals surface area contributed by atoms with Crippen molar-refractivity contribution < 1.29 is 0 Å². The van der Waals surface area contributed by atoms with E-state index >= 15 is 0 Å². The molecule has 0 spiro atoms. The molecule has 0 saturated carbocycles. The lowest BCUT2D eigenvalue weighted by Gasteiger charge is -2.23. The Labute approximate surface area is 126 Å². The van der Waals surface area contributed by atoms with Crippen LogP contribution in [0.15, 0.2) is 41.0 Å². The normalized spacial score (nSPS) is 10.5. The molecular weight excluding hydrogens is 326 g/mol. The van der Waals surface area contributed by atoms with Gasteiger partial charge in [0, 0.05) is 25.0 Å². The average molecular weight is 341 g/mol. The van der Waals surface area contributed by atoms with Crippen molar-refractivity contribution in [2.75, 3.05) is 17.2 Å². The summed E-state index contributed by atoms with van der Waals surface area (Å²) in [6.07, 6.45) is 1.66. The van der Waals surface area contributed by atoms with Gasteiger partial charge in [-0.2, -0.15) is 0 Å². The van der Waals surface area contributed by atoms with Crippen molar-refractivity contribution in [1.82, 2.24) is 4.98 Å². The summed E-state index contributed by atoms with van der Waals surface area (Å²) in [5, 5.41) is 0.621. The lowest BCUT2D eigenvalue weighted by molar-refractivity contribution is 0.811. The zero-order valence-electron chi connectivity index (χ0n) is 10.6. The van der Waals surface area contributed by atoms with Crippen molar-refractivity contribution in [3.63, 3.8) is 0 Å². The number of benzene rings is 1. The molecule has 3 nitrogen and oxygen atoms in total. The molecule has 100 valence electrons. The molecular formula is C14H15BrClN3. The monoisotopic (exact) mass is 339 g/mol. The van der Waals surface area contributed by atoms with E-state index in [1.54, 1.807) is 6.20 Å². The molecule has 2 aromatic rings. The number of aromatic nitrogens is 1. The average Bonchev–Trinajstić information content (AvgIpc) is 2.37. The van der Waals surface area contributed by atoms with Gasteiger partial charge in [-0.25, -0.2) is 4.98 Å². The van der Waals surface area contributed by atoms with E-state index in [1.165, 1.54) is 0 Å². The summed E-state index contributed by atoms with van der Waals surface area (Å²) in [5.74, 6) is 0.884. The van der Waals surface area contributed by atoms with Gasteiger partial charge in [-0.3, -0.25) is 0 Å². The maximum Gasteiger partial charge on any atom is 0.143 e. The van der Waals surface area contributed by atoms with Crippen molar-refractivity contribution in [1.29, 1.82) is 0 Å². The highest BCUT2D eigenvalue weighted by molar-refractivity contribution is 9.10. The molecule has 1 aromatic heterocycles. The second kappa shape index (κ2) is 6.26. The predicted octanol–water partition coefficient (Wildman–Crippen LogP) is 4.11. The number of halogens is 2. The Kier molecular flexibility index (Phi) is 4.66. The molecule has 0 amide bonds. The van der Waals surface area contributed by atoms with E-state index < -0.39 is 0 Å². The standard InChI is InChI=1S/C14H15BrClN3/c1-2-19(9-10-4-3-5-12(17)6-10)14-13(15)7-11(16)8-18-14/h3-8H,2,9,17H2,1H3. The third kappa shape index (κ3) is 3.61. The van der Waals surface area contributed by atoms with E-state index in [4.69, 9.17) is 17.3 Å². The van der Waals surface area contributed by atoms with Crippen molar-refractivity contribution in [2.45, 2.75) is 13.5 Å². The first kappa shape index (κ1) is 14.2. The molecule has 1 aromatic carbocycles. The number of nitrogens with two attached hydrogens (primary N) is 1. The molecule has 0 atom stereocenters. The molecule has 19 heavy (non-hydrogen) atoms. The van der Waals surface area contributed by atoms with Crippen LogP contribution in [-0.4, -0.2) is 11.5 Å². The Bertz CT molecular complexity index is 574. The molecule has 0 aliphatic heterocycles. The van der Waals surface area contributed by atoms with Gasteiger partial charge in [-0.15, -0.1) is 0 Å². The molecule has 0 saturated heterocycles. The van der Waals surface area contributed by atoms with Gasteiger partial charge in [-0.1, -0.05) is 23.7 Å². The van der Waals surface area contributed by atoms with E-state index in [-0.39, 0.29) is 0 Å². The first-order valence-corrected chi connectivity index (χ1v) is 7.17. The Morgan fingerprint density at radius 3 is 2.79 bits per heavy atom. The fourth-order valence-electron chi connectivity index (χ4n) is 1.89.